The van der Waals surface area contributed by atoms with Crippen LogP contribution in [0.4, 0.5) is 4.39 Å². The number of carbonyl (C=O) groups is 1. The average molecular weight is 404 g/mol. The van der Waals surface area contributed by atoms with Gasteiger partial charge in [0, 0.05) is 30.2 Å². The molecule has 1 amide bonds. The van der Waals surface area contributed by atoms with Crippen molar-refractivity contribution in [2.24, 2.45) is 0 Å². The van der Waals surface area contributed by atoms with E-state index in [1.165, 1.54) is 23.9 Å². The first-order chi connectivity index (χ1) is 13.0. The highest BCUT2D eigenvalue weighted by molar-refractivity contribution is 7.99. The summed E-state index contributed by atoms with van der Waals surface area (Å²) in [6, 6.07) is 13.5. The van der Waals surface area contributed by atoms with Crippen LogP contribution < -0.4 is 0 Å². The van der Waals surface area contributed by atoms with E-state index in [0.29, 0.717) is 10.2 Å². The first-order valence-electron chi connectivity index (χ1n) is 8.39. The fourth-order valence-corrected chi connectivity index (χ4v) is 3.71. The lowest BCUT2D eigenvalue weighted by Gasteiger charge is -2.25. The molecular weight excluding hydrogens is 385 g/mol. The van der Waals surface area contributed by atoms with E-state index in [2.05, 4.69) is 4.98 Å². The molecule has 1 atom stereocenters. The van der Waals surface area contributed by atoms with E-state index in [9.17, 15) is 9.18 Å². The van der Waals surface area contributed by atoms with Crippen LogP contribution in [0.5, 0.6) is 0 Å². The van der Waals surface area contributed by atoms with E-state index in [1.807, 2.05) is 42.0 Å². The zero-order valence-electron chi connectivity index (χ0n) is 15.0. The standard InChI is InChI=1S/C20H19ClFN3OS/c1-14(15-6-8-17(22)9-7-15)24(2)19(26)13-27-20-23-10-11-25(20)18-5-3-4-16(21)12-18/h3-12,14H,13H2,1-2H3. The summed E-state index contributed by atoms with van der Waals surface area (Å²) in [6.07, 6.45) is 3.53. The fraction of sp³-hybridized carbons (Fsp3) is 0.200. The van der Waals surface area contributed by atoms with E-state index in [1.54, 1.807) is 30.3 Å². The van der Waals surface area contributed by atoms with Crippen molar-refractivity contribution >= 4 is 29.3 Å². The highest BCUT2D eigenvalue weighted by Gasteiger charge is 2.18. The second kappa shape index (κ2) is 8.59. The molecule has 0 saturated carbocycles. The molecule has 0 N–H and O–H groups in total. The molecule has 1 aromatic heterocycles. The molecule has 7 heteroatoms. The molecule has 0 aliphatic heterocycles. The van der Waals surface area contributed by atoms with Crippen LogP contribution in [0.3, 0.4) is 0 Å². The van der Waals surface area contributed by atoms with Gasteiger partial charge in [-0.3, -0.25) is 9.36 Å². The van der Waals surface area contributed by atoms with Gasteiger partial charge in [-0.2, -0.15) is 0 Å². The van der Waals surface area contributed by atoms with Crippen molar-refractivity contribution in [1.82, 2.24) is 14.5 Å². The topological polar surface area (TPSA) is 38.1 Å². The number of carbonyl (C=O) groups excluding carboxylic acids is 1. The highest BCUT2D eigenvalue weighted by Crippen LogP contribution is 2.24. The summed E-state index contributed by atoms with van der Waals surface area (Å²) in [6.45, 7) is 1.92. The summed E-state index contributed by atoms with van der Waals surface area (Å²) in [7, 11) is 1.75. The molecule has 4 nitrogen and oxygen atoms in total. The Hall–Kier alpha value is -2.31. The van der Waals surface area contributed by atoms with Crippen LogP contribution in [0.1, 0.15) is 18.5 Å². The summed E-state index contributed by atoms with van der Waals surface area (Å²) in [5.74, 6) is -0.0691. The minimum Gasteiger partial charge on any atom is -0.338 e. The molecule has 2 aromatic carbocycles. The maximum Gasteiger partial charge on any atom is 0.233 e. The van der Waals surface area contributed by atoms with E-state index < -0.39 is 0 Å². The maximum atomic E-state index is 13.1. The Morgan fingerprint density at radius 3 is 2.74 bits per heavy atom. The van der Waals surface area contributed by atoms with Crippen molar-refractivity contribution in [3.05, 3.63) is 77.3 Å². The first-order valence-corrected chi connectivity index (χ1v) is 9.75. The van der Waals surface area contributed by atoms with Crippen molar-refractivity contribution in [3.8, 4) is 5.69 Å². The fourth-order valence-electron chi connectivity index (χ4n) is 2.63. The quantitative estimate of drug-likeness (QED) is 0.545. The van der Waals surface area contributed by atoms with E-state index in [4.69, 9.17) is 11.6 Å². The Morgan fingerprint density at radius 2 is 2.04 bits per heavy atom. The van der Waals surface area contributed by atoms with Crippen molar-refractivity contribution in [3.63, 3.8) is 0 Å². The number of amides is 1. The number of benzene rings is 2. The van der Waals surface area contributed by atoms with Crippen molar-refractivity contribution in [2.45, 2.75) is 18.1 Å². The summed E-state index contributed by atoms with van der Waals surface area (Å²) < 4.78 is 15.0. The first kappa shape index (κ1) is 19.5. The normalized spacial score (nSPS) is 12.0. The minimum absolute atomic E-state index is 0.0301. The lowest BCUT2D eigenvalue weighted by molar-refractivity contribution is -0.128. The Balaban J connectivity index is 1.66. The zero-order chi connectivity index (χ0) is 19.4. The molecule has 140 valence electrons. The average Bonchev–Trinajstić information content (AvgIpc) is 3.14. The summed E-state index contributed by atoms with van der Waals surface area (Å²) >= 11 is 7.42. The zero-order valence-corrected chi connectivity index (χ0v) is 16.5. The molecular formula is C20H19ClFN3OS. The van der Waals surface area contributed by atoms with Gasteiger partial charge in [0.05, 0.1) is 11.8 Å². The van der Waals surface area contributed by atoms with Crippen LogP contribution >= 0.6 is 23.4 Å². The number of aromatic nitrogens is 2. The van der Waals surface area contributed by atoms with Crippen molar-refractivity contribution in [2.75, 3.05) is 12.8 Å². The Morgan fingerprint density at radius 1 is 1.30 bits per heavy atom. The second-order valence-electron chi connectivity index (χ2n) is 6.08. The van der Waals surface area contributed by atoms with Gasteiger partial charge in [0.2, 0.25) is 5.91 Å². The van der Waals surface area contributed by atoms with Crippen LogP contribution in [0, 0.1) is 5.82 Å². The third-order valence-electron chi connectivity index (χ3n) is 4.34. The Labute approximate surface area is 167 Å². The number of nitrogens with zero attached hydrogens (tertiary/aromatic N) is 3. The molecule has 0 aliphatic carbocycles. The van der Waals surface area contributed by atoms with Gasteiger partial charge in [-0.25, -0.2) is 9.37 Å². The van der Waals surface area contributed by atoms with E-state index in [-0.39, 0.29) is 23.5 Å². The van der Waals surface area contributed by atoms with Crippen LogP contribution in [-0.4, -0.2) is 33.2 Å². The Kier molecular flexibility index (Phi) is 6.19. The molecule has 1 unspecified atom stereocenters. The van der Waals surface area contributed by atoms with Crippen LogP contribution in [0.2, 0.25) is 5.02 Å². The van der Waals surface area contributed by atoms with Gasteiger partial charge in [0.15, 0.2) is 5.16 Å². The number of halogens is 2. The smallest absolute Gasteiger partial charge is 0.233 e. The SMILES string of the molecule is CC(c1ccc(F)cc1)N(C)C(=O)CSc1nccn1-c1cccc(Cl)c1. The van der Waals surface area contributed by atoms with E-state index >= 15 is 0 Å². The van der Waals surface area contributed by atoms with Gasteiger partial charge >= 0.3 is 0 Å². The molecule has 27 heavy (non-hydrogen) atoms. The summed E-state index contributed by atoms with van der Waals surface area (Å²) in [5, 5.41) is 1.36. The number of rotatable bonds is 6. The second-order valence-corrected chi connectivity index (χ2v) is 7.46. The monoisotopic (exact) mass is 403 g/mol. The molecule has 0 aliphatic rings. The molecule has 0 bridgehead atoms. The molecule has 3 aromatic rings. The Bertz CT molecular complexity index is 929. The number of thioether (sulfide) groups is 1. The van der Waals surface area contributed by atoms with Gasteiger partial charge < -0.3 is 4.90 Å². The molecule has 3 rings (SSSR count). The summed E-state index contributed by atoms with van der Waals surface area (Å²) in [4.78, 5) is 18.6. The third kappa shape index (κ3) is 4.70. The number of hydrogen-bond donors (Lipinski definition) is 0. The lowest BCUT2D eigenvalue weighted by atomic mass is 10.1. The van der Waals surface area contributed by atoms with Gasteiger partial charge in [0.25, 0.3) is 0 Å². The number of imidazole rings is 1. The van der Waals surface area contributed by atoms with Gasteiger partial charge in [-0.15, -0.1) is 0 Å². The highest BCUT2D eigenvalue weighted by atomic mass is 35.5. The van der Waals surface area contributed by atoms with Crippen LogP contribution in [0.25, 0.3) is 5.69 Å². The largest absolute Gasteiger partial charge is 0.338 e. The predicted molar refractivity (Wildman–Crippen MR) is 107 cm³/mol. The lowest BCUT2D eigenvalue weighted by Crippen LogP contribution is -2.31. The molecule has 1 heterocycles. The minimum atomic E-state index is -0.289. The maximum absolute atomic E-state index is 13.1. The third-order valence-corrected chi connectivity index (χ3v) is 5.53. The molecule has 0 radical (unpaired) electrons. The summed E-state index contributed by atoms with van der Waals surface area (Å²) in [5.41, 5.74) is 1.78. The van der Waals surface area contributed by atoms with Crippen LogP contribution in [-0.2, 0) is 4.79 Å². The van der Waals surface area contributed by atoms with E-state index in [0.717, 1.165) is 11.3 Å². The molecule has 0 spiro atoms. The molecule has 0 fully saturated rings. The van der Waals surface area contributed by atoms with Gasteiger partial charge in [-0.1, -0.05) is 41.6 Å². The van der Waals surface area contributed by atoms with Gasteiger partial charge in [-0.05, 0) is 42.8 Å². The van der Waals surface area contributed by atoms with Gasteiger partial charge in [0.1, 0.15) is 5.82 Å². The van der Waals surface area contributed by atoms with Crippen molar-refractivity contribution in [1.29, 1.82) is 0 Å². The van der Waals surface area contributed by atoms with Crippen molar-refractivity contribution < 1.29 is 9.18 Å². The predicted octanol–water partition coefficient (Wildman–Crippen LogP) is 4.98. The van der Waals surface area contributed by atoms with Crippen LogP contribution in [0.15, 0.2) is 66.1 Å². The number of hydrogen-bond acceptors (Lipinski definition) is 3. The molecule has 0 saturated heterocycles.